The molecule has 2 heterocycles. The number of halogens is 1. The van der Waals surface area contributed by atoms with Gasteiger partial charge in [-0.3, -0.25) is 4.79 Å². The second-order valence-corrected chi connectivity index (χ2v) is 15.9. The van der Waals surface area contributed by atoms with Crippen LogP contribution in [0.3, 0.4) is 0 Å². The van der Waals surface area contributed by atoms with Gasteiger partial charge in [0.2, 0.25) is 20.0 Å². The normalized spacial score (nSPS) is 21.7. The highest BCUT2D eigenvalue weighted by molar-refractivity contribution is 7.88. The average Bonchev–Trinajstić information content (AvgIpc) is 2.90. The molecule has 2 N–H and O–H groups in total. The summed E-state index contributed by atoms with van der Waals surface area (Å²) in [6.07, 6.45) is 6.35. The Morgan fingerprint density at radius 3 is 1.95 bits per heavy atom. The standard InChI is InChI=1S/C28H46FN3O7S2/c1-27(13-19-33,30-26(34)23-5-7-25(29)8-6-23)28(14-20-39-2,24-11-17-32(18-12-24)41(4,37)38)21-22-9-15-31(16-10-22)40(3,35)36/h5-8,22,24,33H,9-21H2,1-4H3,(H,30,34). The van der Waals surface area contributed by atoms with Crippen LogP contribution in [0.2, 0.25) is 0 Å². The van der Waals surface area contributed by atoms with E-state index in [1.165, 1.54) is 45.4 Å². The van der Waals surface area contributed by atoms with Crippen molar-refractivity contribution in [2.45, 2.75) is 57.4 Å². The zero-order valence-corrected chi connectivity index (χ0v) is 26.3. The fourth-order valence-electron chi connectivity index (χ4n) is 6.99. The van der Waals surface area contributed by atoms with Gasteiger partial charge >= 0.3 is 0 Å². The number of hydrogen-bond acceptors (Lipinski definition) is 7. The van der Waals surface area contributed by atoms with Gasteiger partial charge in [0.05, 0.1) is 12.5 Å². The fourth-order valence-corrected chi connectivity index (χ4v) is 8.74. The number of rotatable bonds is 13. The zero-order valence-electron chi connectivity index (χ0n) is 24.6. The summed E-state index contributed by atoms with van der Waals surface area (Å²) in [6, 6.07) is 5.30. The molecule has 0 radical (unpaired) electrons. The van der Waals surface area contributed by atoms with Crippen molar-refractivity contribution in [2.24, 2.45) is 17.3 Å². The van der Waals surface area contributed by atoms with E-state index in [2.05, 4.69) is 5.32 Å². The van der Waals surface area contributed by atoms with E-state index >= 15 is 0 Å². The number of carbonyl (C=O) groups excluding carboxylic acids is 1. The SMILES string of the molecule is COCCC(CC1CCN(S(C)(=O)=O)CC1)(C1CCN(S(C)(=O)=O)CC1)C(C)(CCO)NC(=O)c1ccc(F)cc1. The van der Waals surface area contributed by atoms with Crippen LogP contribution in [0.1, 0.15) is 62.2 Å². The molecule has 2 fully saturated rings. The quantitative estimate of drug-likeness (QED) is 0.347. The molecule has 10 nitrogen and oxygen atoms in total. The number of aliphatic hydroxyl groups excluding tert-OH is 1. The van der Waals surface area contributed by atoms with Crippen LogP contribution in [0.15, 0.2) is 24.3 Å². The Kier molecular flexibility index (Phi) is 11.4. The number of sulfonamides is 2. The smallest absolute Gasteiger partial charge is 0.251 e. The third-order valence-electron chi connectivity index (χ3n) is 9.36. The van der Waals surface area contributed by atoms with Gasteiger partial charge in [-0.05, 0) is 93.4 Å². The molecule has 1 aromatic rings. The molecule has 0 saturated carbocycles. The lowest BCUT2D eigenvalue weighted by atomic mass is 9.54. The first-order valence-corrected chi connectivity index (χ1v) is 17.9. The maximum absolute atomic E-state index is 13.6. The Morgan fingerprint density at radius 1 is 0.976 bits per heavy atom. The van der Waals surface area contributed by atoms with Crippen LogP contribution in [-0.2, 0) is 24.8 Å². The second-order valence-electron chi connectivity index (χ2n) is 11.9. The van der Waals surface area contributed by atoms with Crippen molar-refractivity contribution in [3.8, 4) is 0 Å². The van der Waals surface area contributed by atoms with E-state index in [0.717, 1.165) is 0 Å². The molecule has 234 valence electrons. The molecule has 2 atom stereocenters. The third kappa shape index (κ3) is 8.26. The summed E-state index contributed by atoms with van der Waals surface area (Å²) in [5.74, 6) is -0.692. The lowest BCUT2D eigenvalue weighted by molar-refractivity contribution is -0.0516. The second kappa shape index (κ2) is 13.8. The van der Waals surface area contributed by atoms with E-state index in [9.17, 15) is 31.1 Å². The first kappa shape index (κ1) is 33.9. The largest absolute Gasteiger partial charge is 0.396 e. The van der Waals surface area contributed by atoms with Gasteiger partial charge in [0.1, 0.15) is 5.82 Å². The Hall–Kier alpha value is -1.64. The zero-order chi connectivity index (χ0) is 30.5. The van der Waals surface area contributed by atoms with Gasteiger partial charge < -0.3 is 15.2 Å². The molecule has 13 heteroatoms. The molecule has 0 aromatic heterocycles. The van der Waals surface area contributed by atoms with E-state index in [1.54, 1.807) is 7.11 Å². The summed E-state index contributed by atoms with van der Waals surface area (Å²) in [5, 5.41) is 13.5. The molecule has 0 aliphatic carbocycles. The first-order valence-electron chi connectivity index (χ1n) is 14.2. The van der Waals surface area contributed by atoms with Crippen LogP contribution < -0.4 is 5.32 Å². The first-order chi connectivity index (χ1) is 19.1. The molecule has 2 unspecified atom stereocenters. The highest BCUT2D eigenvalue weighted by Crippen LogP contribution is 2.53. The number of piperidine rings is 2. The highest BCUT2D eigenvalue weighted by atomic mass is 32.2. The summed E-state index contributed by atoms with van der Waals surface area (Å²) in [7, 11) is -5.04. The topological polar surface area (TPSA) is 133 Å². The van der Waals surface area contributed by atoms with Crippen molar-refractivity contribution in [1.82, 2.24) is 13.9 Å². The van der Waals surface area contributed by atoms with E-state index < -0.39 is 36.8 Å². The van der Waals surface area contributed by atoms with E-state index in [-0.39, 0.29) is 30.8 Å². The number of hydrogen-bond donors (Lipinski definition) is 2. The fraction of sp³-hybridized carbons (Fsp3) is 0.750. The van der Waals surface area contributed by atoms with Crippen molar-refractivity contribution >= 4 is 26.0 Å². The number of amides is 1. The van der Waals surface area contributed by atoms with Crippen molar-refractivity contribution in [3.05, 3.63) is 35.6 Å². The minimum atomic E-state index is -3.36. The predicted molar refractivity (Wildman–Crippen MR) is 156 cm³/mol. The number of nitrogens with one attached hydrogen (secondary N) is 1. The van der Waals surface area contributed by atoms with Gasteiger partial charge in [0.15, 0.2) is 0 Å². The molecule has 0 spiro atoms. The highest BCUT2D eigenvalue weighted by Gasteiger charge is 2.54. The number of ether oxygens (including phenoxy) is 1. The van der Waals surface area contributed by atoms with E-state index in [1.807, 2.05) is 6.92 Å². The molecule has 41 heavy (non-hydrogen) atoms. The van der Waals surface area contributed by atoms with Crippen LogP contribution in [0, 0.1) is 23.1 Å². The maximum atomic E-state index is 13.6. The Balaban J connectivity index is 2.03. The molecular weight excluding hydrogens is 573 g/mol. The van der Waals surface area contributed by atoms with Crippen LogP contribution >= 0.6 is 0 Å². The van der Waals surface area contributed by atoms with Gasteiger partial charge in [-0.2, -0.15) is 0 Å². The number of carbonyl (C=O) groups is 1. The van der Waals surface area contributed by atoms with Gasteiger partial charge in [-0.25, -0.2) is 29.8 Å². The molecule has 2 aliphatic rings. The van der Waals surface area contributed by atoms with E-state index in [4.69, 9.17) is 4.74 Å². The minimum Gasteiger partial charge on any atom is -0.396 e. The van der Waals surface area contributed by atoms with E-state index in [0.29, 0.717) is 76.9 Å². The van der Waals surface area contributed by atoms with Crippen LogP contribution in [-0.4, -0.2) is 101 Å². The minimum absolute atomic E-state index is 0.00587. The van der Waals surface area contributed by atoms with Crippen molar-refractivity contribution < 1.29 is 35.9 Å². The van der Waals surface area contributed by atoms with Gasteiger partial charge in [-0.15, -0.1) is 0 Å². The van der Waals surface area contributed by atoms with Crippen LogP contribution in [0.5, 0.6) is 0 Å². The van der Waals surface area contributed by atoms with Crippen LogP contribution in [0.4, 0.5) is 4.39 Å². The monoisotopic (exact) mass is 619 g/mol. The number of benzene rings is 1. The molecule has 0 bridgehead atoms. The molecule has 2 aliphatic heterocycles. The lowest BCUT2D eigenvalue weighted by Gasteiger charge is -2.57. The molecule has 3 rings (SSSR count). The predicted octanol–water partition coefficient (Wildman–Crippen LogP) is 2.45. The lowest BCUT2D eigenvalue weighted by Crippen LogP contribution is -2.63. The van der Waals surface area contributed by atoms with Crippen LogP contribution in [0.25, 0.3) is 0 Å². The number of methoxy groups -OCH3 is 1. The Morgan fingerprint density at radius 2 is 1.49 bits per heavy atom. The maximum Gasteiger partial charge on any atom is 0.251 e. The molecule has 2 saturated heterocycles. The summed E-state index contributed by atoms with van der Waals surface area (Å²) in [5.41, 5.74) is -1.25. The van der Waals surface area contributed by atoms with Gasteiger partial charge in [0, 0.05) is 57.6 Å². The number of aliphatic hydroxyl groups is 1. The summed E-state index contributed by atoms with van der Waals surface area (Å²) >= 11 is 0. The molecule has 1 amide bonds. The van der Waals surface area contributed by atoms with Gasteiger partial charge in [0.25, 0.3) is 5.91 Å². The van der Waals surface area contributed by atoms with Crippen molar-refractivity contribution in [2.75, 3.05) is 59.0 Å². The molecule has 1 aromatic carbocycles. The van der Waals surface area contributed by atoms with Crippen molar-refractivity contribution in [3.63, 3.8) is 0 Å². The Bertz CT molecular complexity index is 1230. The summed E-state index contributed by atoms with van der Waals surface area (Å²) < 4.78 is 71.1. The average molecular weight is 620 g/mol. The Labute approximate surface area is 244 Å². The van der Waals surface area contributed by atoms with Crippen molar-refractivity contribution in [1.29, 1.82) is 0 Å². The summed E-state index contributed by atoms with van der Waals surface area (Å²) in [6.45, 7) is 3.67. The van der Waals surface area contributed by atoms with Gasteiger partial charge in [-0.1, -0.05) is 0 Å². The molecular formula is C28H46FN3O7S2. The third-order valence-corrected chi connectivity index (χ3v) is 12.0. The number of nitrogens with zero attached hydrogens (tertiary/aromatic N) is 2. The summed E-state index contributed by atoms with van der Waals surface area (Å²) in [4.78, 5) is 13.6.